The number of nitrogens with zero attached hydrogens (tertiary/aromatic N) is 2. The molecule has 0 bridgehead atoms. The zero-order valence-electron chi connectivity index (χ0n) is 10.6. The van der Waals surface area contributed by atoms with E-state index < -0.39 is 0 Å². The second-order valence-electron chi connectivity index (χ2n) is 4.73. The molecule has 0 saturated carbocycles. The first-order valence-electron chi connectivity index (χ1n) is 6.33. The Labute approximate surface area is 107 Å². The Morgan fingerprint density at radius 1 is 1.50 bits per heavy atom. The Bertz CT molecular complexity index is 416. The van der Waals surface area contributed by atoms with Crippen LogP contribution in [0.3, 0.4) is 0 Å². The molecule has 2 N–H and O–H groups in total. The average molecular weight is 249 g/mol. The van der Waals surface area contributed by atoms with E-state index in [0.29, 0.717) is 18.2 Å². The molecule has 2 rings (SSSR count). The lowest BCUT2D eigenvalue weighted by Crippen LogP contribution is -2.40. The molecule has 1 aliphatic rings. The van der Waals surface area contributed by atoms with Crippen molar-refractivity contribution in [1.82, 2.24) is 15.2 Å². The summed E-state index contributed by atoms with van der Waals surface area (Å²) in [7, 11) is 0. The van der Waals surface area contributed by atoms with Gasteiger partial charge in [-0.05, 0) is 38.9 Å². The Morgan fingerprint density at radius 3 is 2.89 bits per heavy atom. The molecule has 98 valence electrons. The van der Waals surface area contributed by atoms with E-state index in [1.54, 1.807) is 0 Å². The summed E-state index contributed by atoms with van der Waals surface area (Å²) in [5, 5.41) is 12.1. The lowest BCUT2D eigenvalue weighted by Gasteiger charge is -2.23. The van der Waals surface area contributed by atoms with E-state index in [-0.39, 0.29) is 11.7 Å². The number of aromatic nitrogens is 1. The fourth-order valence-electron chi connectivity index (χ4n) is 2.21. The van der Waals surface area contributed by atoms with Crippen LogP contribution in [-0.4, -0.2) is 46.6 Å². The largest absolute Gasteiger partial charge is 0.506 e. The molecule has 0 aromatic carbocycles. The molecule has 1 amide bonds. The van der Waals surface area contributed by atoms with Gasteiger partial charge in [0, 0.05) is 18.8 Å². The predicted octanol–water partition coefficient (Wildman–Crippen LogP) is 1.00. The Morgan fingerprint density at radius 2 is 2.22 bits per heavy atom. The fourth-order valence-corrected chi connectivity index (χ4v) is 2.21. The van der Waals surface area contributed by atoms with Crippen LogP contribution in [0.5, 0.6) is 5.75 Å². The van der Waals surface area contributed by atoms with Crippen molar-refractivity contribution >= 4 is 5.91 Å². The summed E-state index contributed by atoms with van der Waals surface area (Å²) in [6.07, 6.45) is 5.25. The zero-order chi connectivity index (χ0) is 13.0. The highest BCUT2D eigenvalue weighted by Gasteiger charge is 2.18. The minimum Gasteiger partial charge on any atom is -0.506 e. The van der Waals surface area contributed by atoms with Crippen LogP contribution in [0, 0.1) is 0 Å². The van der Waals surface area contributed by atoms with Gasteiger partial charge in [-0.25, -0.2) is 0 Å². The smallest absolute Gasteiger partial charge is 0.253 e. The van der Waals surface area contributed by atoms with E-state index in [0.717, 1.165) is 13.1 Å². The quantitative estimate of drug-likeness (QED) is 0.835. The third kappa shape index (κ3) is 3.20. The van der Waals surface area contributed by atoms with Crippen LogP contribution in [0.4, 0.5) is 0 Å². The number of amides is 1. The van der Waals surface area contributed by atoms with Crippen LogP contribution >= 0.6 is 0 Å². The highest BCUT2D eigenvalue weighted by molar-refractivity contribution is 5.94. The molecule has 1 fully saturated rings. The first kappa shape index (κ1) is 12.8. The van der Waals surface area contributed by atoms with Gasteiger partial charge in [-0.15, -0.1) is 0 Å². The van der Waals surface area contributed by atoms with Gasteiger partial charge in [-0.2, -0.15) is 0 Å². The maximum Gasteiger partial charge on any atom is 0.253 e. The number of hydrogen-bond acceptors (Lipinski definition) is 4. The van der Waals surface area contributed by atoms with Crippen molar-refractivity contribution in [1.29, 1.82) is 0 Å². The van der Waals surface area contributed by atoms with Gasteiger partial charge in [0.25, 0.3) is 5.91 Å². The summed E-state index contributed by atoms with van der Waals surface area (Å²) in [5.41, 5.74) is 0.392. The highest BCUT2D eigenvalue weighted by atomic mass is 16.3. The average Bonchev–Trinajstić information content (AvgIpc) is 2.89. The maximum atomic E-state index is 11.8. The SMILES string of the molecule is CC(CNC(=O)c1cncc(O)c1)N1CCCC1. The normalized spacial score (nSPS) is 17.6. The van der Waals surface area contributed by atoms with Crippen molar-refractivity contribution in [3.05, 3.63) is 24.0 Å². The van der Waals surface area contributed by atoms with E-state index in [4.69, 9.17) is 0 Å². The summed E-state index contributed by atoms with van der Waals surface area (Å²) >= 11 is 0. The van der Waals surface area contributed by atoms with Crippen LogP contribution in [0.1, 0.15) is 30.1 Å². The van der Waals surface area contributed by atoms with Gasteiger partial charge in [0.15, 0.2) is 0 Å². The van der Waals surface area contributed by atoms with Gasteiger partial charge in [-0.1, -0.05) is 0 Å². The van der Waals surface area contributed by atoms with E-state index >= 15 is 0 Å². The maximum absolute atomic E-state index is 11.8. The lowest BCUT2D eigenvalue weighted by atomic mass is 10.2. The zero-order valence-corrected chi connectivity index (χ0v) is 10.6. The highest BCUT2D eigenvalue weighted by Crippen LogP contribution is 2.11. The Balaban J connectivity index is 1.84. The molecule has 1 unspecified atom stereocenters. The van der Waals surface area contributed by atoms with Crippen LogP contribution < -0.4 is 5.32 Å². The van der Waals surface area contributed by atoms with Gasteiger partial charge in [-0.3, -0.25) is 14.7 Å². The number of rotatable bonds is 4. The minimum atomic E-state index is -0.190. The molecule has 2 heterocycles. The molecule has 0 aliphatic carbocycles. The second kappa shape index (κ2) is 5.82. The molecule has 1 saturated heterocycles. The summed E-state index contributed by atoms with van der Waals surface area (Å²) in [6, 6.07) is 1.77. The van der Waals surface area contributed by atoms with Crippen molar-refractivity contribution in [2.24, 2.45) is 0 Å². The van der Waals surface area contributed by atoms with Gasteiger partial charge in [0.2, 0.25) is 0 Å². The molecular weight excluding hydrogens is 230 g/mol. The third-order valence-corrected chi connectivity index (χ3v) is 3.31. The molecule has 0 radical (unpaired) electrons. The standard InChI is InChI=1S/C13H19N3O2/c1-10(16-4-2-3-5-16)7-15-13(18)11-6-12(17)9-14-8-11/h6,8-10,17H,2-5,7H2,1H3,(H,15,18). The fraction of sp³-hybridized carbons (Fsp3) is 0.538. The van der Waals surface area contributed by atoms with Gasteiger partial charge in [0.05, 0.1) is 11.8 Å². The number of carbonyl (C=O) groups is 1. The molecule has 1 atom stereocenters. The molecule has 0 spiro atoms. The van der Waals surface area contributed by atoms with E-state index in [9.17, 15) is 9.90 Å². The van der Waals surface area contributed by atoms with Crippen LogP contribution in [0.25, 0.3) is 0 Å². The summed E-state index contributed by atoms with van der Waals surface area (Å²) in [6.45, 7) is 4.97. The third-order valence-electron chi connectivity index (χ3n) is 3.31. The monoisotopic (exact) mass is 249 g/mol. The number of nitrogens with one attached hydrogen (secondary N) is 1. The van der Waals surface area contributed by atoms with Gasteiger partial charge < -0.3 is 10.4 Å². The number of aromatic hydroxyl groups is 1. The second-order valence-corrected chi connectivity index (χ2v) is 4.73. The van der Waals surface area contributed by atoms with Gasteiger partial charge in [0.1, 0.15) is 5.75 Å². The van der Waals surface area contributed by atoms with Crippen molar-refractivity contribution in [2.45, 2.75) is 25.8 Å². The van der Waals surface area contributed by atoms with E-state index in [1.807, 2.05) is 0 Å². The van der Waals surface area contributed by atoms with Crippen molar-refractivity contribution in [3.8, 4) is 5.75 Å². The number of likely N-dealkylation sites (tertiary alicyclic amines) is 1. The van der Waals surface area contributed by atoms with Crippen LogP contribution in [0.15, 0.2) is 18.5 Å². The molecule has 18 heavy (non-hydrogen) atoms. The van der Waals surface area contributed by atoms with E-state index in [1.165, 1.54) is 31.3 Å². The number of pyridine rings is 1. The minimum absolute atomic E-state index is 0.00948. The molecular formula is C13H19N3O2. The molecule has 1 aromatic heterocycles. The first-order chi connectivity index (χ1) is 8.66. The number of carbonyl (C=O) groups excluding carboxylic acids is 1. The van der Waals surface area contributed by atoms with Crippen LogP contribution in [-0.2, 0) is 0 Å². The van der Waals surface area contributed by atoms with Gasteiger partial charge >= 0.3 is 0 Å². The van der Waals surface area contributed by atoms with Crippen molar-refractivity contribution in [3.63, 3.8) is 0 Å². The number of hydrogen-bond donors (Lipinski definition) is 2. The predicted molar refractivity (Wildman–Crippen MR) is 68.5 cm³/mol. The molecule has 1 aliphatic heterocycles. The van der Waals surface area contributed by atoms with E-state index in [2.05, 4.69) is 22.1 Å². The Kier molecular flexibility index (Phi) is 4.15. The lowest BCUT2D eigenvalue weighted by molar-refractivity contribution is 0.0939. The van der Waals surface area contributed by atoms with Crippen molar-refractivity contribution < 1.29 is 9.90 Å². The molecule has 5 heteroatoms. The summed E-state index contributed by atoms with van der Waals surface area (Å²) in [4.78, 5) is 18.0. The first-order valence-corrected chi connectivity index (χ1v) is 6.33. The topological polar surface area (TPSA) is 65.5 Å². The van der Waals surface area contributed by atoms with Crippen molar-refractivity contribution in [2.75, 3.05) is 19.6 Å². The Hall–Kier alpha value is -1.62. The summed E-state index contributed by atoms with van der Waals surface area (Å²) in [5.74, 6) is -0.181. The molecule has 1 aromatic rings. The molecule has 5 nitrogen and oxygen atoms in total. The van der Waals surface area contributed by atoms with Crippen LogP contribution in [0.2, 0.25) is 0 Å². The summed E-state index contributed by atoms with van der Waals surface area (Å²) < 4.78 is 0.